The van der Waals surface area contributed by atoms with Gasteiger partial charge in [0.05, 0.1) is 22.6 Å². The molecule has 3 aromatic carbocycles. The third kappa shape index (κ3) is 6.51. The van der Waals surface area contributed by atoms with E-state index in [1.165, 1.54) is 55.8 Å². The number of hydrogen-bond donors (Lipinski definition) is 2. The Hall–Kier alpha value is -4.49. The number of rotatable bonds is 10. The molecule has 4 aromatic rings. The van der Waals surface area contributed by atoms with Gasteiger partial charge in [0.1, 0.15) is 12.3 Å². The van der Waals surface area contributed by atoms with Crippen molar-refractivity contribution in [1.82, 2.24) is 9.97 Å². The number of aryl methyl sites for hydroxylation is 1. The number of nitrogens with zero attached hydrogens (tertiary/aromatic N) is 3. The molecule has 0 unspecified atom stereocenters. The zero-order valence-corrected chi connectivity index (χ0v) is 22.6. The Kier molecular flexibility index (Phi) is 8.12. The number of amides is 1. The van der Waals surface area contributed by atoms with Crippen molar-refractivity contribution in [1.29, 1.82) is 0 Å². The van der Waals surface area contributed by atoms with E-state index in [4.69, 9.17) is 4.74 Å². The highest BCUT2D eigenvalue weighted by molar-refractivity contribution is 7.93. The van der Waals surface area contributed by atoms with Gasteiger partial charge in [-0.15, -0.1) is 0 Å². The van der Waals surface area contributed by atoms with Gasteiger partial charge in [-0.25, -0.2) is 31.5 Å². The van der Waals surface area contributed by atoms with Crippen LogP contribution in [0.25, 0.3) is 0 Å². The molecule has 13 heteroatoms. The van der Waals surface area contributed by atoms with Crippen molar-refractivity contribution in [3.05, 3.63) is 96.8 Å². The second-order valence-electron chi connectivity index (χ2n) is 8.20. The highest BCUT2D eigenvalue weighted by Gasteiger charge is 2.29. The van der Waals surface area contributed by atoms with Gasteiger partial charge in [0.2, 0.25) is 11.9 Å². The molecule has 0 saturated heterocycles. The van der Waals surface area contributed by atoms with Crippen LogP contribution < -0.4 is 19.1 Å². The first kappa shape index (κ1) is 27.5. The van der Waals surface area contributed by atoms with E-state index in [0.29, 0.717) is 5.69 Å². The van der Waals surface area contributed by atoms with Gasteiger partial charge in [-0.05, 0) is 61.5 Å². The lowest BCUT2D eigenvalue weighted by atomic mass is 10.3. The number of sulfonamides is 2. The van der Waals surface area contributed by atoms with Crippen LogP contribution >= 0.6 is 0 Å². The van der Waals surface area contributed by atoms with Gasteiger partial charge in [-0.3, -0.25) is 9.10 Å². The quantitative estimate of drug-likeness (QED) is 0.296. The minimum absolute atomic E-state index is 0.00311. The third-order valence-electron chi connectivity index (χ3n) is 5.44. The van der Waals surface area contributed by atoms with Crippen molar-refractivity contribution in [3.8, 4) is 5.75 Å². The zero-order valence-electron chi connectivity index (χ0n) is 21.0. The van der Waals surface area contributed by atoms with Gasteiger partial charge in [-0.1, -0.05) is 30.3 Å². The van der Waals surface area contributed by atoms with Gasteiger partial charge in [0.25, 0.3) is 20.0 Å². The van der Waals surface area contributed by atoms with E-state index in [0.717, 1.165) is 4.31 Å². The lowest BCUT2D eigenvalue weighted by Crippen LogP contribution is -2.38. The normalized spacial score (nSPS) is 11.4. The van der Waals surface area contributed by atoms with Crippen molar-refractivity contribution in [2.45, 2.75) is 16.7 Å². The third-order valence-corrected chi connectivity index (χ3v) is 8.56. The van der Waals surface area contributed by atoms with Crippen molar-refractivity contribution in [2.24, 2.45) is 0 Å². The van der Waals surface area contributed by atoms with Crippen LogP contribution in [0, 0.1) is 6.92 Å². The fourth-order valence-electron chi connectivity index (χ4n) is 3.58. The minimum atomic E-state index is -4.14. The monoisotopic (exact) mass is 567 g/mol. The Morgan fingerprint density at radius 2 is 1.54 bits per heavy atom. The Labute approximate surface area is 226 Å². The fraction of sp³-hybridized carbons (Fsp3) is 0.115. The molecule has 1 heterocycles. The first-order chi connectivity index (χ1) is 18.6. The molecular weight excluding hydrogens is 542 g/mol. The minimum Gasteiger partial charge on any atom is -0.495 e. The van der Waals surface area contributed by atoms with E-state index in [9.17, 15) is 21.6 Å². The maximum absolute atomic E-state index is 13.5. The highest BCUT2D eigenvalue weighted by Crippen LogP contribution is 2.32. The first-order valence-electron chi connectivity index (χ1n) is 11.5. The predicted octanol–water partition coefficient (Wildman–Crippen LogP) is 3.43. The highest BCUT2D eigenvalue weighted by atomic mass is 32.2. The molecule has 2 N–H and O–H groups in total. The number of carbonyl (C=O) groups is 1. The summed E-state index contributed by atoms with van der Waals surface area (Å²) in [5.41, 5.74) is 1.05. The SMILES string of the molecule is COc1ccccc1N(CC(=O)Nc1ccc(S(=O)(=O)Nc2nccc(C)n2)cc1)S(=O)(=O)c1ccccc1. The molecular formula is C26H25N5O6S2. The molecule has 0 bridgehead atoms. The summed E-state index contributed by atoms with van der Waals surface area (Å²) in [7, 11) is -6.71. The number of hydrogen-bond acceptors (Lipinski definition) is 8. The summed E-state index contributed by atoms with van der Waals surface area (Å²) in [5.74, 6) is -0.449. The molecule has 4 rings (SSSR count). The van der Waals surface area contributed by atoms with E-state index in [2.05, 4.69) is 20.0 Å². The number of ether oxygens (including phenoxy) is 1. The summed E-state index contributed by atoms with van der Waals surface area (Å²) in [6.07, 6.45) is 1.44. The standard InChI is InChI=1S/C26H25N5O6S2/c1-19-16-17-27-26(28-19)30-38(33,34)21-14-12-20(13-15-21)29-25(32)18-31(23-10-6-7-11-24(23)37-2)39(35,36)22-8-4-3-5-9-22/h3-17H,18H2,1-2H3,(H,29,32)(H,27,28,30). The number of aromatic nitrogens is 2. The van der Waals surface area contributed by atoms with Gasteiger partial charge in [0, 0.05) is 17.6 Å². The number of methoxy groups -OCH3 is 1. The Morgan fingerprint density at radius 3 is 2.21 bits per heavy atom. The summed E-state index contributed by atoms with van der Waals surface area (Å²) < 4.78 is 61.0. The fourth-order valence-corrected chi connectivity index (χ4v) is 5.98. The van der Waals surface area contributed by atoms with E-state index in [-0.39, 0.29) is 32.9 Å². The predicted molar refractivity (Wildman–Crippen MR) is 147 cm³/mol. The van der Waals surface area contributed by atoms with Crippen LogP contribution in [-0.2, 0) is 24.8 Å². The second-order valence-corrected chi connectivity index (χ2v) is 11.7. The maximum Gasteiger partial charge on any atom is 0.264 e. The molecule has 0 saturated carbocycles. The molecule has 0 aliphatic carbocycles. The van der Waals surface area contributed by atoms with Crippen molar-refractivity contribution >= 4 is 43.3 Å². The summed E-state index contributed by atoms with van der Waals surface area (Å²) in [5, 5.41) is 2.61. The molecule has 0 aliphatic heterocycles. The van der Waals surface area contributed by atoms with Crippen LogP contribution in [0.4, 0.5) is 17.3 Å². The van der Waals surface area contributed by atoms with Crippen molar-refractivity contribution < 1.29 is 26.4 Å². The second kappa shape index (κ2) is 11.5. The number of carbonyl (C=O) groups excluding carboxylic acids is 1. The smallest absolute Gasteiger partial charge is 0.264 e. The molecule has 1 aromatic heterocycles. The average molecular weight is 568 g/mol. The van der Waals surface area contributed by atoms with Crippen LogP contribution in [0.3, 0.4) is 0 Å². The van der Waals surface area contributed by atoms with Gasteiger partial charge >= 0.3 is 0 Å². The summed E-state index contributed by atoms with van der Waals surface area (Å²) in [6, 6.07) is 21.2. The average Bonchev–Trinajstić information content (AvgIpc) is 2.92. The molecule has 0 aliphatic rings. The topological polar surface area (TPSA) is 148 Å². The van der Waals surface area contributed by atoms with Crippen molar-refractivity contribution in [2.75, 3.05) is 28.0 Å². The van der Waals surface area contributed by atoms with E-state index >= 15 is 0 Å². The molecule has 39 heavy (non-hydrogen) atoms. The summed E-state index contributed by atoms with van der Waals surface area (Å²) in [6.45, 7) is 1.14. The zero-order chi connectivity index (χ0) is 28.0. The number of para-hydroxylation sites is 2. The molecule has 0 atom stereocenters. The van der Waals surface area contributed by atoms with Crippen LogP contribution in [0.2, 0.25) is 0 Å². The molecule has 11 nitrogen and oxygen atoms in total. The van der Waals surface area contributed by atoms with Gasteiger partial charge < -0.3 is 10.1 Å². The first-order valence-corrected chi connectivity index (χ1v) is 14.5. The molecule has 0 fully saturated rings. The lowest BCUT2D eigenvalue weighted by Gasteiger charge is -2.25. The largest absolute Gasteiger partial charge is 0.495 e. The van der Waals surface area contributed by atoms with Gasteiger partial charge in [-0.2, -0.15) is 0 Å². The summed E-state index contributed by atoms with van der Waals surface area (Å²) >= 11 is 0. The molecule has 0 spiro atoms. The number of nitrogens with one attached hydrogen (secondary N) is 2. The molecule has 202 valence electrons. The van der Waals surface area contributed by atoms with Crippen LogP contribution in [0.1, 0.15) is 5.69 Å². The lowest BCUT2D eigenvalue weighted by molar-refractivity contribution is -0.114. The van der Waals surface area contributed by atoms with Crippen LogP contribution in [0.5, 0.6) is 5.75 Å². The van der Waals surface area contributed by atoms with E-state index < -0.39 is 32.5 Å². The number of benzene rings is 3. The number of anilines is 3. The van der Waals surface area contributed by atoms with E-state index in [1.54, 1.807) is 49.4 Å². The maximum atomic E-state index is 13.5. The van der Waals surface area contributed by atoms with Crippen LogP contribution in [0.15, 0.2) is 101 Å². The Morgan fingerprint density at radius 1 is 0.872 bits per heavy atom. The van der Waals surface area contributed by atoms with Crippen LogP contribution in [-0.4, -0.2) is 46.4 Å². The van der Waals surface area contributed by atoms with E-state index in [1.807, 2.05) is 0 Å². The summed E-state index contributed by atoms with van der Waals surface area (Å²) in [4.78, 5) is 20.9. The van der Waals surface area contributed by atoms with Crippen molar-refractivity contribution in [3.63, 3.8) is 0 Å². The molecule has 0 radical (unpaired) electrons. The molecule has 1 amide bonds. The Bertz CT molecular complexity index is 1680. The Balaban J connectivity index is 1.55. The van der Waals surface area contributed by atoms with Gasteiger partial charge in [0.15, 0.2) is 0 Å².